The van der Waals surface area contributed by atoms with Crippen molar-refractivity contribution in [2.24, 2.45) is 0 Å². The van der Waals surface area contributed by atoms with Gasteiger partial charge in [0.2, 0.25) is 0 Å². The van der Waals surface area contributed by atoms with Crippen LogP contribution in [0.3, 0.4) is 0 Å². The standard InChI is InChI=1S/C23H22F2N2O4/c24-17-5-1-15(2-6-17)20-19(21(28)16-3-7-18(25)8-4-16)22(29)23(30)27(20)10-9-26-11-13-31-14-12-26/h1-8,20,28H,9-14H2/b21-19-. The molecule has 1 N–H and O–H groups in total. The number of nitrogens with zero attached hydrogens (tertiary/aromatic N) is 2. The molecule has 6 nitrogen and oxygen atoms in total. The monoisotopic (exact) mass is 428 g/mol. The van der Waals surface area contributed by atoms with Crippen LogP contribution >= 0.6 is 0 Å². The second kappa shape index (κ2) is 8.95. The molecule has 8 heteroatoms. The first-order valence-electron chi connectivity index (χ1n) is 10.1. The number of hydrogen-bond acceptors (Lipinski definition) is 5. The van der Waals surface area contributed by atoms with E-state index in [4.69, 9.17) is 4.74 Å². The van der Waals surface area contributed by atoms with Crippen molar-refractivity contribution in [3.63, 3.8) is 0 Å². The van der Waals surface area contributed by atoms with E-state index in [9.17, 15) is 23.5 Å². The number of carbonyl (C=O) groups excluding carboxylic acids is 2. The van der Waals surface area contributed by atoms with Crippen molar-refractivity contribution in [3.05, 3.63) is 76.9 Å². The van der Waals surface area contributed by atoms with Gasteiger partial charge in [0.25, 0.3) is 11.7 Å². The molecule has 0 spiro atoms. The molecule has 1 atom stereocenters. The van der Waals surface area contributed by atoms with Gasteiger partial charge in [0, 0.05) is 31.7 Å². The van der Waals surface area contributed by atoms with Gasteiger partial charge in [-0.1, -0.05) is 12.1 Å². The normalized spacial score (nSPS) is 21.6. The topological polar surface area (TPSA) is 70.1 Å². The van der Waals surface area contributed by atoms with Crippen molar-refractivity contribution in [2.75, 3.05) is 39.4 Å². The van der Waals surface area contributed by atoms with Crippen molar-refractivity contribution >= 4 is 17.4 Å². The van der Waals surface area contributed by atoms with Crippen LogP contribution in [-0.4, -0.2) is 66.0 Å². The van der Waals surface area contributed by atoms with Gasteiger partial charge in [0.1, 0.15) is 17.4 Å². The van der Waals surface area contributed by atoms with E-state index in [2.05, 4.69) is 4.90 Å². The van der Waals surface area contributed by atoms with Crippen molar-refractivity contribution in [2.45, 2.75) is 6.04 Å². The molecule has 0 aromatic heterocycles. The first-order chi connectivity index (χ1) is 15.0. The van der Waals surface area contributed by atoms with Crippen LogP contribution in [-0.2, 0) is 14.3 Å². The predicted molar refractivity (Wildman–Crippen MR) is 109 cm³/mol. The smallest absolute Gasteiger partial charge is 0.295 e. The lowest BCUT2D eigenvalue weighted by Crippen LogP contribution is -2.42. The number of Topliss-reactive ketones (excluding diaryl/α,β-unsaturated/α-hetero) is 1. The summed E-state index contributed by atoms with van der Waals surface area (Å²) >= 11 is 0. The maximum Gasteiger partial charge on any atom is 0.295 e. The summed E-state index contributed by atoms with van der Waals surface area (Å²) in [7, 11) is 0. The highest BCUT2D eigenvalue weighted by molar-refractivity contribution is 6.46. The molecule has 4 rings (SSSR count). The number of morpholine rings is 1. The summed E-state index contributed by atoms with van der Waals surface area (Å²) in [6, 6.07) is 9.61. The van der Waals surface area contributed by atoms with E-state index >= 15 is 0 Å². The van der Waals surface area contributed by atoms with Crippen LogP contribution in [0.1, 0.15) is 17.2 Å². The largest absolute Gasteiger partial charge is 0.507 e. The number of amides is 1. The van der Waals surface area contributed by atoms with Crippen molar-refractivity contribution in [1.82, 2.24) is 9.80 Å². The van der Waals surface area contributed by atoms with E-state index in [1.165, 1.54) is 41.3 Å². The Morgan fingerprint density at radius 2 is 1.52 bits per heavy atom. The highest BCUT2D eigenvalue weighted by Crippen LogP contribution is 2.39. The minimum Gasteiger partial charge on any atom is -0.507 e. The van der Waals surface area contributed by atoms with Crippen LogP contribution in [0.4, 0.5) is 8.78 Å². The van der Waals surface area contributed by atoms with E-state index in [0.717, 1.165) is 25.2 Å². The number of ether oxygens (including phenoxy) is 1. The number of hydrogen-bond donors (Lipinski definition) is 1. The molecule has 162 valence electrons. The third-order valence-corrected chi connectivity index (χ3v) is 5.60. The summed E-state index contributed by atoms with van der Waals surface area (Å²) < 4.78 is 32.2. The van der Waals surface area contributed by atoms with Crippen LogP contribution in [0, 0.1) is 11.6 Å². The molecule has 2 fully saturated rings. The summed E-state index contributed by atoms with van der Waals surface area (Å²) in [5, 5.41) is 10.9. The summed E-state index contributed by atoms with van der Waals surface area (Å²) in [4.78, 5) is 29.3. The summed E-state index contributed by atoms with van der Waals surface area (Å²) in [5.74, 6) is -2.88. The van der Waals surface area contributed by atoms with Gasteiger partial charge in [-0.3, -0.25) is 14.5 Å². The van der Waals surface area contributed by atoms with E-state index in [-0.39, 0.29) is 23.4 Å². The van der Waals surface area contributed by atoms with E-state index in [0.29, 0.717) is 25.3 Å². The SMILES string of the molecule is O=C1C(=O)N(CCN2CCOCC2)C(c2ccc(F)cc2)/C1=C(/O)c1ccc(F)cc1. The zero-order chi connectivity index (χ0) is 22.0. The Morgan fingerprint density at radius 3 is 2.13 bits per heavy atom. The molecule has 2 aliphatic rings. The zero-order valence-electron chi connectivity index (χ0n) is 16.8. The molecule has 0 aliphatic carbocycles. The number of aliphatic hydroxyl groups excluding tert-OH is 1. The maximum absolute atomic E-state index is 13.5. The van der Waals surface area contributed by atoms with Crippen LogP contribution in [0.5, 0.6) is 0 Å². The third kappa shape index (κ3) is 4.35. The number of likely N-dealkylation sites (tertiary alicyclic amines) is 1. The summed E-state index contributed by atoms with van der Waals surface area (Å²) in [6.07, 6.45) is 0. The molecule has 2 heterocycles. The van der Waals surface area contributed by atoms with Crippen molar-refractivity contribution in [1.29, 1.82) is 0 Å². The molecular formula is C23H22F2N2O4. The average molecular weight is 428 g/mol. The fourth-order valence-electron chi connectivity index (χ4n) is 3.94. The van der Waals surface area contributed by atoms with Gasteiger partial charge >= 0.3 is 0 Å². The van der Waals surface area contributed by atoms with Gasteiger partial charge in [-0.05, 0) is 42.0 Å². The molecule has 2 aromatic carbocycles. The molecule has 1 amide bonds. The van der Waals surface area contributed by atoms with Gasteiger partial charge in [-0.25, -0.2) is 8.78 Å². The van der Waals surface area contributed by atoms with E-state index in [1.54, 1.807) is 0 Å². The number of aliphatic hydroxyl groups is 1. The van der Waals surface area contributed by atoms with E-state index < -0.39 is 29.4 Å². The lowest BCUT2D eigenvalue weighted by Gasteiger charge is -2.31. The van der Waals surface area contributed by atoms with Gasteiger partial charge < -0.3 is 14.7 Å². The Morgan fingerprint density at radius 1 is 0.935 bits per heavy atom. The first-order valence-corrected chi connectivity index (χ1v) is 10.1. The Labute approximate surface area is 178 Å². The highest BCUT2D eigenvalue weighted by atomic mass is 19.1. The molecule has 0 bridgehead atoms. The second-order valence-corrected chi connectivity index (χ2v) is 7.50. The van der Waals surface area contributed by atoms with Crippen LogP contribution in [0.15, 0.2) is 54.1 Å². The molecule has 2 saturated heterocycles. The summed E-state index contributed by atoms with van der Waals surface area (Å²) in [5.41, 5.74) is 0.635. The number of benzene rings is 2. The Bertz CT molecular complexity index is 999. The molecule has 1 unspecified atom stereocenters. The molecule has 2 aromatic rings. The minimum atomic E-state index is -0.869. The molecule has 0 radical (unpaired) electrons. The Hall–Kier alpha value is -3.10. The number of rotatable bonds is 5. The molecule has 0 saturated carbocycles. The highest BCUT2D eigenvalue weighted by Gasteiger charge is 2.46. The van der Waals surface area contributed by atoms with Crippen LogP contribution < -0.4 is 0 Å². The fraction of sp³-hybridized carbons (Fsp3) is 0.304. The van der Waals surface area contributed by atoms with Gasteiger partial charge in [0.15, 0.2) is 0 Å². The van der Waals surface area contributed by atoms with Crippen LogP contribution in [0.2, 0.25) is 0 Å². The zero-order valence-corrected chi connectivity index (χ0v) is 16.8. The number of halogens is 2. The Kier molecular flexibility index (Phi) is 6.11. The Balaban J connectivity index is 1.72. The lowest BCUT2D eigenvalue weighted by molar-refractivity contribution is -0.140. The maximum atomic E-state index is 13.5. The molecule has 2 aliphatic heterocycles. The summed E-state index contributed by atoms with van der Waals surface area (Å²) in [6.45, 7) is 3.44. The quantitative estimate of drug-likeness (QED) is 0.451. The number of carbonyl (C=O) groups is 2. The van der Waals surface area contributed by atoms with Crippen molar-refractivity contribution in [3.8, 4) is 0 Å². The predicted octanol–water partition coefficient (Wildman–Crippen LogP) is 2.72. The third-order valence-electron chi connectivity index (χ3n) is 5.60. The van der Waals surface area contributed by atoms with E-state index in [1.807, 2.05) is 0 Å². The number of ketones is 1. The van der Waals surface area contributed by atoms with Gasteiger partial charge in [-0.2, -0.15) is 0 Å². The molecule has 31 heavy (non-hydrogen) atoms. The first kappa shape index (κ1) is 21.1. The van der Waals surface area contributed by atoms with Crippen LogP contribution in [0.25, 0.3) is 5.76 Å². The van der Waals surface area contributed by atoms with Crippen molar-refractivity contribution < 1.29 is 28.2 Å². The molecular weight excluding hydrogens is 406 g/mol. The lowest BCUT2D eigenvalue weighted by atomic mass is 9.95. The van der Waals surface area contributed by atoms with Gasteiger partial charge in [0.05, 0.1) is 24.8 Å². The fourth-order valence-corrected chi connectivity index (χ4v) is 3.94. The van der Waals surface area contributed by atoms with Gasteiger partial charge in [-0.15, -0.1) is 0 Å². The average Bonchev–Trinajstić information content (AvgIpc) is 3.04. The minimum absolute atomic E-state index is 0.0924. The second-order valence-electron chi connectivity index (χ2n) is 7.50.